The summed E-state index contributed by atoms with van der Waals surface area (Å²) in [5.74, 6) is 2.78. The number of hydrogen-bond donors (Lipinski definition) is 4. The number of carbonyl (C=O) groups is 2. The molecule has 0 amide bonds. The number of methoxy groups -OCH3 is 6. The summed E-state index contributed by atoms with van der Waals surface area (Å²) in [6.45, 7) is 2.22. The first-order chi connectivity index (χ1) is 33.8. The number of rotatable bonds is 25. The number of esters is 2. The second kappa shape index (κ2) is 24.5. The molecular weight excluding hydrogens is 901 g/mol. The lowest BCUT2D eigenvalue weighted by Crippen LogP contribution is -2.53. The Kier molecular flexibility index (Phi) is 18.8. The van der Waals surface area contributed by atoms with E-state index in [9.17, 15) is 30.0 Å². The van der Waals surface area contributed by atoms with Crippen molar-refractivity contribution in [2.75, 3.05) is 96.1 Å². The van der Waals surface area contributed by atoms with Gasteiger partial charge in [0.2, 0.25) is 0 Å². The highest BCUT2D eigenvalue weighted by Crippen LogP contribution is 2.47. The van der Waals surface area contributed by atoms with Crippen molar-refractivity contribution in [1.82, 2.24) is 0 Å². The van der Waals surface area contributed by atoms with Gasteiger partial charge in [-0.25, -0.2) is 0 Å². The Morgan fingerprint density at radius 2 is 1.06 bits per heavy atom. The van der Waals surface area contributed by atoms with Crippen LogP contribution in [0.4, 0.5) is 0 Å². The highest BCUT2D eigenvalue weighted by atomic mass is 16.5. The van der Waals surface area contributed by atoms with Crippen LogP contribution >= 0.6 is 0 Å². The second-order valence-electron chi connectivity index (χ2n) is 18.7. The maximum absolute atomic E-state index is 13.0. The standard InChI is InChI=1S/C54H74N2O14/c1-55(19-15-37-29-49(66-6)50(67-7)30-41(37)44(55)24-35-11-12-46(63-3)48(26-35)65-5)17-9-21-69-51(61)13-14-52(62)70-22-10-18-56(2)20-16-38-28-40(32-58)43(34-60)54(68-8)53(38)45(56)25-36-23-39(31-57)42(33-59)47(27-36)64-4/h11-12,23,26-30,44-45,57-60H,9-10,13-22,24-25,31-34H2,1-8H3/q+2. The van der Waals surface area contributed by atoms with E-state index in [4.69, 9.17) is 37.9 Å². The zero-order chi connectivity index (χ0) is 50.6. The zero-order valence-electron chi connectivity index (χ0n) is 42.3. The SMILES string of the molecule is COc1ccc(CC2c3cc(OC)c(OC)cc3CC[N+]2(C)CCCOC(=O)CCC(=O)OCCC[N+]2(C)CCc3cc(CO)c(CO)c(OC)c3C2Cc2cc(CO)c(CO)c(OC)c2)cc1OC. The Morgan fingerprint density at radius 1 is 0.543 bits per heavy atom. The summed E-state index contributed by atoms with van der Waals surface area (Å²) in [7, 11) is 14.0. The van der Waals surface area contributed by atoms with Gasteiger partial charge in [-0.05, 0) is 63.7 Å². The van der Waals surface area contributed by atoms with Crippen LogP contribution < -0.4 is 28.4 Å². The van der Waals surface area contributed by atoms with Gasteiger partial charge in [0.25, 0.3) is 0 Å². The van der Waals surface area contributed by atoms with Crippen molar-refractivity contribution in [2.45, 2.75) is 89.9 Å². The number of benzene rings is 4. The molecule has 6 rings (SSSR count). The summed E-state index contributed by atoms with van der Waals surface area (Å²) < 4.78 is 46.7. The maximum Gasteiger partial charge on any atom is 0.306 e. The van der Waals surface area contributed by atoms with Crippen LogP contribution in [0, 0.1) is 0 Å². The number of quaternary nitrogens is 2. The Morgan fingerprint density at radius 3 is 1.61 bits per heavy atom. The van der Waals surface area contributed by atoms with Crippen molar-refractivity contribution in [1.29, 1.82) is 0 Å². The van der Waals surface area contributed by atoms with Crippen LogP contribution in [-0.2, 0) is 71.2 Å². The first-order valence-electron chi connectivity index (χ1n) is 24.1. The molecule has 0 fully saturated rings. The smallest absolute Gasteiger partial charge is 0.306 e. The van der Waals surface area contributed by atoms with Gasteiger partial charge in [0, 0.05) is 55.2 Å². The molecule has 4 unspecified atom stereocenters. The van der Waals surface area contributed by atoms with E-state index in [1.807, 2.05) is 30.3 Å². The molecule has 2 aliphatic rings. The van der Waals surface area contributed by atoms with Crippen LogP contribution in [0.25, 0.3) is 0 Å². The number of carbonyl (C=O) groups excluding carboxylic acids is 2. The number of fused-ring (bicyclic) bond motifs is 2. The van der Waals surface area contributed by atoms with E-state index < -0.39 is 11.9 Å². The van der Waals surface area contributed by atoms with Gasteiger partial charge >= 0.3 is 11.9 Å². The number of nitrogens with zero attached hydrogens (tertiary/aromatic N) is 2. The Bertz CT molecular complexity index is 2420. The summed E-state index contributed by atoms with van der Waals surface area (Å²) >= 11 is 0. The number of hydrogen-bond acceptors (Lipinski definition) is 14. The third kappa shape index (κ3) is 11.9. The van der Waals surface area contributed by atoms with E-state index in [0.717, 1.165) is 54.7 Å². The van der Waals surface area contributed by atoms with E-state index in [1.54, 1.807) is 35.5 Å². The molecule has 4 aromatic rings. The fourth-order valence-electron chi connectivity index (χ4n) is 10.7. The van der Waals surface area contributed by atoms with Crippen LogP contribution in [0.3, 0.4) is 0 Å². The molecule has 0 radical (unpaired) electrons. The molecule has 2 aliphatic heterocycles. The molecule has 16 heteroatoms. The molecule has 0 saturated heterocycles. The molecule has 0 bridgehead atoms. The number of aliphatic hydroxyl groups is 4. The van der Waals surface area contributed by atoms with Gasteiger partial charge in [-0.1, -0.05) is 18.2 Å². The minimum Gasteiger partial charge on any atom is -0.496 e. The predicted octanol–water partition coefficient (Wildman–Crippen LogP) is 5.63. The van der Waals surface area contributed by atoms with Crippen LogP contribution in [0.2, 0.25) is 0 Å². The molecule has 0 aromatic heterocycles. The molecule has 2 heterocycles. The number of likely N-dealkylation sites (N-methyl/N-ethyl adjacent to an activating group) is 2. The second-order valence-corrected chi connectivity index (χ2v) is 18.7. The first kappa shape index (κ1) is 53.7. The van der Waals surface area contributed by atoms with E-state index in [1.165, 1.54) is 18.2 Å². The predicted molar refractivity (Wildman–Crippen MR) is 261 cm³/mol. The molecule has 70 heavy (non-hydrogen) atoms. The minimum atomic E-state index is -0.478. The van der Waals surface area contributed by atoms with Gasteiger partial charge in [0.1, 0.15) is 23.6 Å². The lowest BCUT2D eigenvalue weighted by Gasteiger charge is -2.46. The number of aliphatic hydroxyl groups excluding tert-OH is 4. The Balaban J connectivity index is 1.05. The monoisotopic (exact) mass is 975 g/mol. The first-order valence-corrected chi connectivity index (χ1v) is 24.1. The summed E-state index contributed by atoms with van der Waals surface area (Å²) in [6, 6.07) is 15.7. The fourth-order valence-corrected chi connectivity index (χ4v) is 10.7. The van der Waals surface area contributed by atoms with Gasteiger partial charge in [-0.3, -0.25) is 9.59 Å². The van der Waals surface area contributed by atoms with Crippen LogP contribution in [0.5, 0.6) is 34.5 Å². The van der Waals surface area contributed by atoms with Gasteiger partial charge < -0.3 is 67.3 Å². The molecular formula is C54H74N2O14+2. The van der Waals surface area contributed by atoms with Crippen molar-refractivity contribution in [2.24, 2.45) is 0 Å². The quantitative estimate of drug-likeness (QED) is 0.0364. The minimum absolute atomic E-state index is 0.0596. The van der Waals surface area contributed by atoms with Gasteiger partial charge in [-0.2, -0.15) is 0 Å². The van der Waals surface area contributed by atoms with E-state index >= 15 is 0 Å². The molecule has 4 atom stereocenters. The van der Waals surface area contributed by atoms with Crippen LogP contribution in [-0.4, -0.2) is 137 Å². The van der Waals surface area contributed by atoms with Crippen molar-refractivity contribution in [3.05, 3.63) is 104 Å². The number of ether oxygens (including phenoxy) is 8. The summed E-state index contributed by atoms with van der Waals surface area (Å²) in [4.78, 5) is 25.9. The topological polar surface area (TPSA) is 189 Å². The van der Waals surface area contributed by atoms with Crippen molar-refractivity contribution in [3.63, 3.8) is 0 Å². The molecule has 4 N–H and O–H groups in total. The summed E-state index contributed by atoms with van der Waals surface area (Å²) in [5, 5.41) is 40.9. The lowest BCUT2D eigenvalue weighted by molar-refractivity contribution is -0.941. The third-order valence-corrected chi connectivity index (χ3v) is 14.7. The van der Waals surface area contributed by atoms with Gasteiger partial charge in [-0.15, -0.1) is 0 Å². The third-order valence-electron chi connectivity index (χ3n) is 14.7. The molecule has 382 valence electrons. The highest BCUT2D eigenvalue weighted by molar-refractivity contribution is 5.77. The molecule has 0 spiro atoms. The van der Waals surface area contributed by atoms with Crippen molar-refractivity contribution in [3.8, 4) is 34.5 Å². The molecule has 16 nitrogen and oxygen atoms in total. The van der Waals surface area contributed by atoms with Crippen LogP contribution in [0.15, 0.2) is 48.5 Å². The zero-order valence-corrected chi connectivity index (χ0v) is 42.3. The highest BCUT2D eigenvalue weighted by Gasteiger charge is 2.43. The molecule has 0 aliphatic carbocycles. The van der Waals surface area contributed by atoms with Crippen molar-refractivity contribution < 1.29 is 76.9 Å². The Labute approximate surface area is 412 Å². The summed E-state index contributed by atoms with van der Waals surface area (Å²) in [5.41, 5.74) is 8.55. The summed E-state index contributed by atoms with van der Waals surface area (Å²) in [6.07, 6.45) is 3.72. The maximum atomic E-state index is 13.0. The van der Waals surface area contributed by atoms with Gasteiger partial charge in [0.15, 0.2) is 23.0 Å². The molecule has 4 aromatic carbocycles. The van der Waals surface area contributed by atoms with E-state index in [-0.39, 0.29) is 64.6 Å². The van der Waals surface area contributed by atoms with Gasteiger partial charge in [0.05, 0.1) is 141 Å². The average molecular weight is 975 g/mol. The van der Waals surface area contributed by atoms with E-state index in [0.29, 0.717) is 97.9 Å². The van der Waals surface area contributed by atoms with E-state index in [2.05, 4.69) is 32.3 Å². The lowest BCUT2D eigenvalue weighted by atomic mass is 9.82. The van der Waals surface area contributed by atoms with Crippen LogP contribution in [0.1, 0.15) is 93.4 Å². The fraction of sp³-hybridized carbons (Fsp3) is 0.519. The largest absolute Gasteiger partial charge is 0.496 e. The Hall–Kier alpha value is -5.62. The normalized spacial score (nSPS) is 19.4. The average Bonchev–Trinajstić information content (AvgIpc) is 3.38. The van der Waals surface area contributed by atoms with Crippen molar-refractivity contribution >= 4 is 11.9 Å². The molecule has 0 saturated carbocycles.